The maximum Gasteiger partial charge on any atom is 1.00 e. The molecule has 0 aromatic heterocycles. The summed E-state index contributed by atoms with van der Waals surface area (Å²) in [5, 5.41) is 31.7. The van der Waals surface area contributed by atoms with Crippen LogP contribution >= 0.6 is 0 Å². The third-order valence-electron chi connectivity index (χ3n) is 2.38. The van der Waals surface area contributed by atoms with Crippen LogP contribution in [0.4, 0.5) is 0 Å². The Bertz CT molecular complexity index is 542. The Morgan fingerprint density at radius 3 is 1.26 bits per heavy atom. The smallest absolute Gasteiger partial charge is 0.481 e. The molecule has 0 aromatic carbocycles. The minimum absolute atomic E-state index is 0. The van der Waals surface area contributed by atoms with Gasteiger partial charge in [-0.15, -0.1) is 0 Å². The van der Waals surface area contributed by atoms with Gasteiger partial charge in [-0.2, -0.15) is 8.42 Å². The van der Waals surface area contributed by atoms with Gasteiger partial charge >= 0.3 is 113 Å². The SMILES string of the molecule is O=C(O)CC(CC(=O)O)(C(=O)O)C(C(=O)O)S(=O)(=O)O.[Na+].[Na+].[Na+]. The van der Waals surface area contributed by atoms with Crippen LogP contribution in [0.1, 0.15) is 12.8 Å². The van der Waals surface area contributed by atoms with E-state index in [2.05, 4.69) is 0 Å². The first kappa shape index (κ1) is 31.5. The third-order valence-corrected chi connectivity index (χ3v) is 3.63. The summed E-state index contributed by atoms with van der Waals surface area (Å²) in [5.74, 6) is -8.54. The largest absolute Gasteiger partial charge is 1.00 e. The van der Waals surface area contributed by atoms with Crippen molar-refractivity contribution in [3.8, 4) is 0 Å². The van der Waals surface area contributed by atoms with E-state index in [9.17, 15) is 27.6 Å². The van der Waals surface area contributed by atoms with Crippen LogP contribution in [-0.2, 0) is 29.3 Å². The van der Waals surface area contributed by atoms with Crippen LogP contribution in [0.5, 0.6) is 0 Å². The average molecular weight is 383 g/mol. The molecule has 0 heterocycles. The van der Waals surface area contributed by atoms with Crippen molar-refractivity contribution < 1.29 is 141 Å². The molecule has 0 rings (SSSR count). The molecule has 0 saturated heterocycles. The predicted octanol–water partition coefficient (Wildman–Crippen LogP) is -10.6. The van der Waals surface area contributed by atoms with Gasteiger partial charge in [-0.3, -0.25) is 23.7 Å². The average Bonchev–Trinajstić information content (AvgIpc) is 2.10. The molecule has 11 nitrogen and oxygen atoms in total. The molecule has 0 fully saturated rings. The normalized spacial score (nSPS) is 11.7. The Hall–Kier alpha value is 0.790. The van der Waals surface area contributed by atoms with E-state index in [1.807, 2.05) is 0 Å². The number of hydrogen-bond donors (Lipinski definition) is 5. The van der Waals surface area contributed by atoms with E-state index >= 15 is 0 Å². The Morgan fingerprint density at radius 1 is 0.826 bits per heavy atom. The Labute approximate surface area is 196 Å². The first-order valence-corrected chi connectivity index (χ1v) is 6.21. The van der Waals surface area contributed by atoms with Gasteiger partial charge in [0.2, 0.25) is 5.25 Å². The molecule has 23 heavy (non-hydrogen) atoms. The van der Waals surface area contributed by atoms with Crippen LogP contribution in [0.2, 0.25) is 0 Å². The van der Waals surface area contributed by atoms with Crippen molar-refractivity contribution in [2.24, 2.45) is 5.41 Å². The fourth-order valence-corrected chi connectivity index (χ4v) is 2.79. The first-order valence-electron chi connectivity index (χ1n) is 4.70. The van der Waals surface area contributed by atoms with E-state index in [4.69, 9.17) is 25.0 Å². The Kier molecular flexibility index (Phi) is 16.7. The number of carbonyl (C=O) groups is 4. The van der Waals surface area contributed by atoms with Gasteiger partial charge in [-0.05, 0) is 0 Å². The van der Waals surface area contributed by atoms with E-state index in [1.165, 1.54) is 0 Å². The second-order valence-corrected chi connectivity index (χ2v) is 5.34. The van der Waals surface area contributed by atoms with E-state index in [0.717, 1.165) is 0 Å². The number of carboxylic acids is 4. The van der Waals surface area contributed by atoms with Crippen molar-refractivity contribution in [1.29, 1.82) is 0 Å². The summed E-state index contributed by atoms with van der Waals surface area (Å²) in [6, 6.07) is 0. The minimum atomic E-state index is -5.57. The molecule has 0 spiro atoms. The first-order chi connectivity index (χ1) is 8.84. The molecule has 114 valence electrons. The zero-order valence-corrected chi connectivity index (χ0v) is 19.4. The van der Waals surface area contributed by atoms with Gasteiger partial charge in [-0.1, -0.05) is 0 Å². The predicted molar refractivity (Wildman–Crippen MR) is 57.5 cm³/mol. The van der Waals surface area contributed by atoms with E-state index in [0.29, 0.717) is 0 Å². The summed E-state index contributed by atoms with van der Waals surface area (Å²) < 4.78 is 30.8. The summed E-state index contributed by atoms with van der Waals surface area (Å²) >= 11 is 0. The van der Waals surface area contributed by atoms with Gasteiger partial charge in [0, 0.05) is 0 Å². The van der Waals surface area contributed by atoms with Crippen LogP contribution in [0.15, 0.2) is 0 Å². The summed E-state index contributed by atoms with van der Waals surface area (Å²) in [6.45, 7) is 0. The van der Waals surface area contributed by atoms with Gasteiger partial charge in [-0.25, -0.2) is 0 Å². The van der Waals surface area contributed by atoms with Crippen LogP contribution in [0.3, 0.4) is 0 Å². The number of rotatable bonds is 8. The van der Waals surface area contributed by atoms with Crippen molar-refractivity contribution in [3.63, 3.8) is 0 Å². The molecule has 0 radical (unpaired) electrons. The van der Waals surface area contributed by atoms with Gasteiger partial charge < -0.3 is 20.4 Å². The van der Waals surface area contributed by atoms with E-state index < -0.39 is 57.5 Å². The second kappa shape index (κ2) is 12.2. The zero-order valence-electron chi connectivity index (χ0n) is 12.6. The number of carboxylic acid groups (broad SMARTS) is 4. The molecule has 0 aliphatic carbocycles. The zero-order chi connectivity index (χ0) is 16.3. The minimum Gasteiger partial charge on any atom is -0.481 e. The maximum atomic E-state index is 11.1. The molecule has 0 amide bonds. The molecular formula is C8H10Na3O11S+3. The van der Waals surface area contributed by atoms with Crippen molar-refractivity contribution in [3.05, 3.63) is 0 Å². The Balaban J connectivity index is -0.000000602. The fourth-order valence-electron chi connectivity index (χ4n) is 1.70. The van der Waals surface area contributed by atoms with E-state index in [-0.39, 0.29) is 88.7 Å². The van der Waals surface area contributed by atoms with Crippen LogP contribution in [0.25, 0.3) is 0 Å². The van der Waals surface area contributed by atoms with Crippen molar-refractivity contribution in [2.45, 2.75) is 18.1 Å². The fraction of sp³-hybridized carbons (Fsp3) is 0.500. The van der Waals surface area contributed by atoms with Gasteiger partial charge in [0.1, 0.15) is 5.41 Å². The maximum absolute atomic E-state index is 11.1. The summed E-state index contributed by atoms with van der Waals surface area (Å²) in [7, 11) is -5.57. The molecule has 0 aliphatic rings. The monoisotopic (exact) mass is 383 g/mol. The molecule has 5 N–H and O–H groups in total. The molecule has 1 atom stereocenters. The number of hydrogen-bond acceptors (Lipinski definition) is 6. The Morgan fingerprint density at radius 2 is 1.13 bits per heavy atom. The molecule has 0 aliphatic heterocycles. The number of aliphatic carboxylic acids is 4. The van der Waals surface area contributed by atoms with Gasteiger partial charge in [0.05, 0.1) is 12.8 Å². The molecule has 0 aromatic rings. The van der Waals surface area contributed by atoms with Gasteiger partial charge in [0.15, 0.2) is 0 Å². The standard InChI is InChI=1S/C8H10O11S.3Na/c9-3(10)1-8(7(15)16,2-4(11)12)5(6(13)14)20(17,18)19;;;/h5H,1-2H2,(H,9,10)(H,11,12)(H,13,14)(H,15,16)(H,17,18,19);;;/q;3*+1. The molecule has 1 unspecified atom stereocenters. The summed E-state index contributed by atoms with van der Waals surface area (Å²) in [5.41, 5.74) is -3.25. The quantitative estimate of drug-likeness (QED) is 0.197. The van der Waals surface area contributed by atoms with Crippen LogP contribution in [-0.4, -0.2) is 62.5 Å². The summed E-state index contributed by atoms with van der Waals surface area (Å²) in [6.07, 6.45) is -3.24. The molecule has 0 saturated carbocycles. The van der Waals surface area contributed by atoms with Crippen molar-refractivity contribution in [2.75, 3.05) is 0 Å². The molecule has 15 heteroatoms. The van der Waals surface area contributed by atoms with Crippen LogP contribution in [0, 0.1) is 5.41 Å². The second-order valence-electron chi connectivity index (χ2n) is 3.84. The van der Waals surface area contributed by atoms with Gasteiger partial charge in [0.25, 0.3) is 10.1 Å². The summed E-state index contributed by atoms with van der Waals surface area (Å²) in [4.78, 5) is 43.2. The topological polar surface area (TPSA) is 204 Å². The molecular weight excluding hydrogens is 373 g/mol. The van der Waals surface area contributed by atoms with Crippen LogP contribution < -0.4 is 88.7 Å². The van der Waals surface area contributed by atoms with E-state index in [1.54, 1.807) is 0 Å². The molecule has 0 bridgehead atoms. The van der Waals surface area contributed by atoms with Crippen molar-refractivity contribution in [1.82, 2.24) is 0 Å². The van der Waals surface area contributed by atoms with Crippen molar-refractivity contribution >= 4 is 34.0 Å². The third kappa shape index (κ3) is 9.16.